The molecule has 2 aromatic carbocycles. The van der Waals surface area contributed by atoms with Gasteiger partial charge in [0.25, 0.3) is 5.91 Å². The molecule has 5 heteroatoms. The molecule has 0 radical (unpaired) electrons. The summed E-state index contributed by atoms with van der Waals surface area (Å²) in [5, 5.41) is 2.97. The second-order valence-corrected chi connectivity index (χ2v) is 5.24. The number of anilines is 1. The maximum atomic E-state index is 13.0. The lowest BCUT2D eigenvalue weighted by molar-refractivity contribution is 0.102. The highest BCUT2D eigenvalue weighted by molar-refractivity contribution is 14.1. The number of carbonyl (C=O) groups is 1. The number of carbonyl (C=O) groups excluding carboxylic acids is 1. The van der Waals surface area contributed by atoms with Gasteiger partial charge in [-0.25, -0.2) is 4.39 Å². The van der Waals surface area contributed by atoms with Crippen LogP contribution in [0.2, 0.25) is 5.02 Å². The van der Waals surface area contributed by atoms with E-state index in [4.69, 9.17) is 11.6 Å². The van der Waals surface area contributed by atoms with E-state index in [9.17, 15) is 9.18 Å². The first-order valence-electron chi connectivity index (χ1n) is 5.08. The molecule has 0 aromatic heterocycles. The average molecular weight is 376 g/mol. The van der Waals surface area contributed by atoms with Gasteiger partial charge in [-0.2, -0.15) is 0 Å². The van der Waals surface area contributed by atoms with Crippen LogP contribution in [0.3, 0.4) is 0 Å². The smallest absolute Gasteiger partial charge is 0.257 e. The molecule has 0 aliphatic carbocycles. The zero-order chi connectivity index (χ0) is 13.1. The number of hydrogen-bond donors (Lipinski definition) is 1. The van der Waals surface area contributed by atoms with Crippen LogP contribution in [-0.4, -0.2) is 5.91 Å². The molecule has 2 aromatic rings. The van der Waals surface area contributed by atoms with Gasteiger partial charge >= 0.3 is 0 Å². The summed E-state index contributed by atoms with van der Waals surface area (Å²) in [7, 11) is 0. The fraction of sp³-hybridized carbons (Fsp3) is 0. The highest BCUT2D eigenvalue weighted by Gasteiger charge is 2.11. The van der Waals surface area contributed by atoms with E-state index in [1.54, 1.807) is 18.2 Å². The number of halogens is 3. The highest BCUT2D eigenvalue weighted by Crippen LogP contribution is 2.20. The lowest BCUT2D eigenvalue weighted by atomic mass is 10.2. The molecule has 0 aliphatic rings. The molecule has 1 N–H and O–H groups in total. The Bertz CT molecular complexity index is 603. The van der Waals surface area contributed by atoms with Gasteiger partial charge in [0.05, 0.1) is 10.6 Å². The molecular formula is C13H8ClFINO. The van der Waals surface area contributed by atoms with Crippen molar-refractivity contribution in [3.63, 3.8) is 0 Å². The minimum Gasteiger partial charge on any atom is -0.322 e. The van der Waals surface area contributed by atoms with E-state index >= 15 is 0 Å². The Morgan fingerprint density at radius 2 is 2.00 bits per heavy atom. The molecule has 0 saturated heterocycles. The van der Waals surface area contributed by atoms with Crippen molar-refractivity contribution in [1.82, 2.24) is 0 Å². The van der Waals surface area contributed by atoms with Crippen LogP contribution in [0.5, 0.6) is 0 Å². The normalized spacial score (nSPS) is 10.2. The van der Waals surface area contributed by atoms with Crippen LogP contribution < -0.4 is 5.32 Å². The molecule has 0 heterocycles. The van der Waals surface area contributed by atoms with Crippen molar-refractivity contribution in [2.24, 2.45) is 0 Å². The Morgan fingerprint density at radius 3 is 2.72 bits per heavy atom. The summed E-state index contributed by atoms with van der Waals surface area (Å²) in [5.41, 5.74) is 0.766. The first-order chi connectivity index (χ1) is 8.56. The van der Waals surface area contributed by atoms with Crippen molar-refractivity contribution < 1.29 is 9.18 Å². The minimum atomic E-state index is -0.401. The van der Waals surface area contributed by atoms with Crippen LogP contribution in [0, 0.1) is 9.39 Å². The molecule has 0 unspecified atom stereocenters. The molecule has 0 atom stereocenters. The average Bonchev–Trinajstić information content (AvgIpc) is 2.32. The highest BCUT2D eigenvalue weighted by atomic mass is 127. The predicted molar refractivity (Wildman–Crippen MR) is 78.5 cm³/mol. The van der Waals surface area contributed by atoms with Crippen LogP contribution in [0.15, 0.2) is 42.5 Å². The van der Waals surface area contributed by atoms with Gasteiger partial charge in [-0.05, 0) is 59.0 Å². The SMILES string of the molecule is O=C(Nc1cccc(F)c1)c1cc(I)ccc1Cl. The number of benzene rings is 2. The Kier molecular flexibility index (Phi) is 4.19. The van der Waals surface area contributed by atoms with Crippen LogP contribution in [0.25, 0.3) is 0 Å². The molecule has 0 saturated carbocycles. The second kappa shape index (κ2) is 5.67. The Labute approximate surface area is 122 Å². The van der Waals surface area contributed by atoms with Gasteiger partial charge in [0.1, 0.15) is 5.82 Å². The second-order valence-electron chi connectivity index (χ2n) is 3.59. The van der Waals surface area contributed by atoms with E-state index in [1.165, 1.54) is 18.2 Å². The fourth-order valence-corrected chi connectivity index (χ4v) is 2.13. The zero-order valence-corrected chi connectivity index (χ0v) is 12.0. The lowest BCUT2D eigenvalue weighted by Crippen LogP contribution is -2.12. The minimum absolute atomic E-state index is 0.357. The molecule has 0 aliphatic heterocycles. The van der Waals surface area contributed by atoms with Crippen LogP contribution in [0.1, 0.15) is 10.4 Å². The summed E-state index contributed by atoms with van der Waals surface area (Å²) in [6.45, 7) is 0. The van der Waals surface area contributed by atoms with Crippen molar-refractivity contribution in [2.75, 3.05) is 5.32 Å². The molecule has 2 nitrogen and oxygen atoms in total. The fourth-order valence-electron chi connectivity index (χ4n) is 1.44. The maximum Gasteiger partial charge on any atom is 0.257 e. The van der Waals surface area contributed by atoms with Gasteiger partial charge in [-0.3, -0.25) is 4.79 Å². The van der Waals surface area contributed by atoms with Crippen molar-refractivity contribution in [3.8, 4) is 0 Å². The summed E-state index contributed by atoms with van der Waals surface area (Å²) in [6.07, 6.45) is 0. The third-order valence-corrected chi connectivity index (χ3v) is 3.26. The van der Waals surface area contributed by atoms with Gasteiger partial charge in [-0.15, -0.1) is 0 Å². The van der Waals surface area contributed by atoms with Gasteiger partial charge < -0.3 is 5.32 Å². The lowest BCUT2D eigenvalue weighted by Gasteiger charge is -2.07. The predicted octanol–water partition coefficient (Wildman–Crippen LogP) is 4.34. The molecule has 0 spiro atoms. The van der Waals surface area contributed by atoms with Gasteiger partial charge in [0.15, 0.2) is 0 Å². The number of hydrogen-bond acceptors (Lipinski definition) is 1. The monoisotopic (exact) mass is 375 g/mol. The standard InChI is InChI=1S/C13H8ClFINO/c14-12-5-4-9(16)7-11(12)13(18)17-10-3-1-2-8(15)6-10/h1-7H,(H,17,18). The largest absolute Gasteiger partial charge is 0.322 e. The van der Waals surface area contributed by atoms with Crippen molar-refractivity contribution in [1.29, 1.82) is 0 Å². The molecule has 0 fully saturated rings. The van der Waals surface area contributed by atoms with E-state index in [0.29, 0.717) is 16.3 Å². The van der Waals surface area contributed by atoms with E-state index < -0.39 is 5.82 Å². The Hall–Kier alpha value is -1.14. The number of rotatable bonds is 2. The third kappa shape index (κ3) is 3.20. The summed E-state index contributed by atoms with van der Waals surface area (Å²) < 4.78 is 13.9. The topological polar surface area (TPSA) is 29.1 Å². The van der Waals surface area contributed by atoms with Crippen molar-refractivity contribution in [2.45, 2.75) is 0 Å². The Balaban J connectivity index is 2.24. The first-order valence-corrected chi connectivity index (χ1v) is 6.54. The molecule has 0 bridgehead atoms. The Morgan fingerprint density at radius 1 is 1.22 bits per heavy atom. The maximum absolute atomic E-state index is 13.0. The van der Waals surface area contributed by atoms with E-state index in [-0.39, 0.29) is 5.91 Å². The van der Waals surface area contributed by atoms with Crippen molar-refractivity contribution in [3.05, 3.63) is 62.4 Å². The molecule has 92 valence electrons. The van der Waals surface area contributed by atoms with Gasteiger partial charge in [-0.1, -0.05) is 17.7 Å². The van der Waals surface area contributed by atoms with Gasteiger partial charge in [0, 0.05) is 9.26 Å². The first kappa shape index (κ1) is 13.3. The molecule has 18 heavy (non-hydrogen) atoms. The molecule has 1 amide bonds. The summed E-state index contributed by atoms with van der Waals surface area (Å²) in [4.78, 5) is 12.0. The van der Waals surface area contributed by atoms with E-state index in [0.717, 1.165) is 3.57 Å². The quantitative estimate of drug-likeness (QED) is 0.778. The summed E-state index contributed by atoms with van der Waals surface area (Å²) in [5.74, 6) is -0.759. The molecule has 2 rings (SSSR count). The number of amides is 1. The van der Waals surface area contributed by atoms with Crippen LogP contribution >= 0.6 is 34.2 Å². The zero-order valence-electron chi connectivity index (χ0n) is 9.08. The van der Waals surface area contributed by atoms with Crippen LogP contribution in [0.4, 0.5) is 10.1 Å². The summed E-state index contributed by atoms with van der Waals surface area (Å²) >= 11 is 8.04. The van der Waals surface area contributed by atoms with E-state index in [1.807, 2.05) is 6.07 Å². The van der Waals surface area contributed by atoms with Crippen LogP contribution in [-0.2, 0) is 0 Å². The molecular weight excluding hydrogens is 368 g/mol. The number of nitrogens with one attached hydrogen (secondary N) is 1. The third-order valence-electron chi connectivity index (χ3n) is 2.26. The van der Waals surface area contributed by atoms with Crippen molar-refractivity contribution >= 4 is 45.8 Å². The van der Waals surface area contributed by atoms with Gasteiger partial charge in [0.2, 0.25) is 0 Å². The van der Waals surface area contributed by atoms with E-state index in [2.05, 4.69) is 27.9 Å². The summed E-state index contributed by atoms with van der Waals surface area (Å²) in [6, 6.07) is 10.8.